The summed E-state index contributed by atoms with van der Waals surface area (Å²) < 4.78 is 53.3. The van der Waals surface area contributed by atoms with E-state index in [0.717, 1.165) is 0 Å². The maximum Gasteiger partial charge on any atom is 0.466 e. The van der Waals surface area contributed by atoms with E-state index in [-0.39, 0.29) is 16.5 Å². The quantitative estimate of drug-likeness (QED) is 0.0796. The van der Waals surface area contributed by atoms with Crippen molar-refractivity contribution in [2.45, 2.75) is 36.6 Å². The summed E-state index contributed by atoms with van der Waals surface area (Å²) in [6.45, 7) is 0. The summed E-state index contributed by atoms with van der Waals surface area (Å²) in [7, 11) is -27.8. The molecule has 0 atom stereocenters. The van der Waals surface area contributed by atoms with Gasteiger partial charge in [-0.3, -0.25) is 0 Å². The predicted octanol–water partition coefficient (Wildman–Crippen LogP) is -9.41. The van der Waals surface area contributed by atoms with Crippen molar-refractivity contribution in [2.24, 2.45) is 0 Å². The maximum atomic E-state index is 8.97. The minimum absolute atomic E-state index is 0. The molecule has 1 fully saturated rings. The third kappa shape index (κ3) is 116. The Bertz CT molecular complexity index is 700. The zero-order valence-corrected chi connectivity index (χ0v) is 26.0. The minimum Gasteiger partial charge on any atom is -0.387 e. The van der Waals surface area contributed by atoms with E-state index in [1.165, 1.54) is 0 Å². The van der Waals surface area contributed by atoms with Gasteiger partial charge in [-0.15, -0.1) is 0 Å². The van der Waals surface area contributed by atoms with Crippen molar-refractivity contribution in [3.63, 3.8) is 0 Å². The van der Waals surface area contributed by atoms with Gasteiger partial charge in [0.15, 0.2) is 0 Å². The van der Waals surface area contributed by atoms with Gasteiger partial charge in [0, 0.05) is 16.5 Å². The topological polar surface area (TPSA) is 588 Å². The molecule has 0 radical (unpaired) electrons. The summed E-state index contributed by atoms with van der Waals surface area (Å²) >= 11 is 0. The number of phosphoric acid groups is 6. The standard InChI is InChI=1S/C6H12O6.Ni.6H3O4P/c7-1-2(8)4(10)6(12)5(11)3(1)9;;6*1-5(2,3)4/h1-12H;;6*(H3,1,2,3,4). The molecule has 0 bridgehead atoms. The number of aliphatic hydroxyl groups is 6. The molecule has 43 heavy (non-hydrogen) atoms. The van der Waals surface area contributed by atoms with Gasteiger partial charge in [-0.1, -0.05) is 0 Å². The van der Waals surface area contributed by atoms with E-state index < -0.39 is 83.6 Å². The molecule has 0 aliphatic heterocycles. The molecule has 0 aromatic carbocycles. The number of rotatable bonds is 0. The fourth-order valence-electron chi connectivity index (χ4n) is 1.21. The monoisotopic (exact) mass is 826 g/mol. The Morgan fingerprint density at radius 1 is 0.233 bits per heavy atom. The molecule has 1 aliphatic rings. The Morgan fingerprint density at radius 2 is 0.256 bits per heavy atom. The molecule has 0 heterocycles. The molecule has 1 aliphatic carbocycles. The van der Waals surface area contributed by atoms with Gasteiger partial charge in [0.25, 0.3) is 0 Å². The summed E-state index contributed by atoms with van der Waals surface area (Å²) in [5, 5.41) is 53.8. The predicted molar refractivity (Wildman–Crippen MR) is 122 cm³/mol. The molecule has 0 saturated heterocycles. The van der Waals surface area contributed by atoms with Gasteiger partial charge in [0.2, 0.25) is 0 Å². The van der Waals surface area contributed by atoms with Crippen LogP contribution in [0.5, 0.6) is 0 Å². The van der Waals surface area contributed by atoms with E-state index in [2.05, 4.69) is 0 Å². The maximum absolute atomic E-state index is 8.97. The average molecular weight is 827 g/mol. The summed E-state index contributed by atoms with van der Waals surface area (Å²) in [6, 6.07) is 0. The van der Waals surface area contributed by atoms with E-state index in [4.69, 9.17) is 146 Å². The van der Waals surface area contributed by atoms with E-state index in [1.807, 2.05) is 0 Å². The molecule has 0 amide bonds. The van der Waals surface area contributed by atoms with Gasteiger partial charge in [0.1, 0.15) is 36.6 Å². The van der Waals surface area contributed by atoms with Crippen LogP contribution in [0.15, 0.2) is 0 Å². The minimum atomic E-state index is -4.64. The molecule has 0 spiro atoms. The van der Waals surface area contributed by atoms with Crippen LogP contribution in [0.2, 0.25) is 0 Å². The normalized spacial score (nSPS) is 23.7. The molecule has 0 aromatic rings. The molecule has 0 aromatic heterocycles. The summed E-state index contributed by atoms with van der Waals surface area (Å²) in [6.07, 6.45) is -9.84. The third-order valence-electron chi connectivity index (χ3n) is 2.10. The van der Waals surface area contributed by atoms with E-state index >= 15 is 0 Å². The fraction of sp³-hybridized carbons (Fsp3) is 1.00. The third-order valence-corrected chi connectivity index (χ3v) is 2.10. The SMILES string of the molecule is O=P(O)(O)O.O=P(O)(O)O.O=P(O)(O)O.O=P(O)(O)O.O=P(O)(O)O.O=P(O)(O)O.OC1C(O)C(O)C(O)C(O)C1O.[Ni]. The van der Waals surface area contributed by atoms with E-state index in [1.54, 1.807) is 0 Å². The first-order chi connectivity index (χ1) is 17.5. The van der Waals surface area contributed by atoms with Gasteiger partial charge in [0.05, 0.1) is 0 Å². The molecule has 1 saturated carbocycles. The first kappa shape index (κ1) is 59.3. The summed E-state index contributed by atoms with van der Waals surface area (Å²) in [5.74, 6) is 0. The van der Waals surface area contributed by atoms with Crippen molar-refractivity contribution >= 4 is 46.9 Å². The van der Waals surface area contributed by atoms with Gasteiger partial charge in [-0.05, 0) is 0 Å². The van der Waals surface area contributed by atoms with Crippen molar-refractivity contribution in [3.05, 3.63) is 0 Å². The fourth-order valence-corrected chi connectivity index (χ4v) is 1.21. The molecular formula is C6H30NiO30P6. The molecule has 37 heteroatoms. The van der Waals surface area contributed by atoms with Gasteiger partial charge in [-0.2, -0.15) is 0 Å². The van der Waals surface area contributed by atoms with Crippen LogP contribution in [-0.2, 0) is 43.9 Å². The van der Waals surface area contributed by atoms with Crippen molar-refractivity contribution in [1.82, 2.24) is 0 Å². The summed E-state index contributed by atoms with van der Waals surface area (Å²) in [5.41, 5.74) is 0. The second kappa shape index (κ2) is 25.0. The van der Waals surface area contributed by atoms with Crippen molar-refractivity contribution in [1.29, 1.82) is 0 Å². The molecule has 1 rings (SSSR count). The number of hydrogen-bond acceptors (Lipinski definition) is 12. The van der Waals surface area contributed by atoms with Crippen molar-refractivity contribution in [3.8, 4) is 0 Å². The van der Waals surface area contributed by atoms with Crippen LogP contribution < -0.4 is 0 Å². The Kier molecular flexibility index (Phi) is 34.5. The molecule has 274 valence electrons. The van der Waals surface area contributed by atoms with Crippen LogP contribution in [0.3, 0.4) is 0 Å². The van der Waals surface area contributed by atoms with Crippen LogP contribution in [0.4, 0.5) is 0 Å². The zero-order chi connectivity index (χ0) is 36.5. The van der Waals surface area contributed by atoms with E-state index in [0.29, 0.717) is 0 Å². The van der Waals surface area contributed by atoms with Crippen LogP contribution in [-0.4, -0.2) is 155 Å². The average Bonchev–Trinajstić information content (AvgIpc) is 2.55. The van der Waals surface area contributed by atoms with Gasteiger partial charge >= 0.3 is 46.9 Å². The Morgan fingerprint density at radius 3 is 0.279 bits per heavy atom. The first-order valence-electron chi connectivity index (χ1n) is 8.24. The number of hydrogen-bond donors (Lipinski definition) is 24. The van der Waals surface area contributed by atoms with E-state index in [9.17, 15) is 0 Å². The zero-order valence-electron chi connectivity index (χ0n) is 19.6. The smallest absolute Gasteiger partial charge is 0.387 e. The number of aliphatic hydroxyl groups excluding tert-OH is 6. The summed E-state index contributed by atoms with van der Waals surface area (Å²) in [4.78, 5) is 129. The van der Waals surface area contributed by atoms with Crippen LogP contribution in [0.25, 0.3) is 0 Å². The van der Waals surface area contributed by atoms with Crippen LogP contribution in [0.1, 0.15) is 0 Å². The van der Waals surface area contributed by atoms with Crippen LogP contribution >= 0.6 is 46.9 Å². The molecular weight excluding hydrogens is 797 g/mol. The largest absolute Gasteiger partial charge is 0.466 e. The van der Waals surface area contributed by atoms with Crippen molar-refractivity contribution < 1.29 is 163 Å². The molecule has 30 nitrogen and oxygen atoms in total. The molecule has 24 N–H and O–H groups in total. The Balaban J connectivity index is -0.0000000733. The second-order valence-electron chi connectivity index (χ2n) is 6.02. The van der Waals surface area contributed by atoms with Crippen LogP contribution in [0, 0.1) is 0 Å². The Labute approximate surface area is 246 Å². The van der Waals surface area contributed by atoms with Crippen molar-refractivity contribution in [2.75, 3.05) is 0 Å². The molecule has 0 unspecified atom stereocenters. The Hall–Kier alpha value is 0.914. The second-order valence-corrected chi connectivity index (χ2v) is 12.2. The first-order valence-corrected chi connectivity index (χ1v) is 17.6. The van der Waals surface area contributed by atoms with Gasteiger partial charge < -0.3 is 119 Å². The van der Waals surface area contributed by atoms with Gasteiger partial charge in [-0.25, -0.2) is 27.4 Å².